The summed E-state index contributed by atoms with van der Waals surface area (Å²) >= 11 is 0. The van der Waals surface area contributed by atoms with E-state index in [0.717, 1.165) is 0 Å². The van der Waals surface area contributed by atoms with Crippen LogP contribution in [0.4, 0.5) is 4.79 Å². The number of urea groups is 1. The minimum Gasteiger partial charge on any atom is -0.326 e. The lowest BCUT2D eigenvalue weighted by atomic mass is 9.86. The van der Waals surface area contributed by atoms with Crippen LogP contribution in [-0.4, -0.2) is 23.8 Å². The van der Waals surface area contributed by atoms with E-state index in [0.29, 0.717) is 11.1 Å². The molecular formula is C18H15N3O4. The summed E-state index contributed by atoms with van der Waals surface area (Å²) in [6.07, 6.45) is 0. The van der Waals surface area contributed by atoms with E-state index in [9.17, 15) is 19.2 Å². The van der Waals surface area contributed by atoms with Gasteiger partial charge in [0.15, 0.2) is 0 Å². The number of amides is 5. The van der Waals surface area contributed by atoms with Gasteiger partial charge in [-0.1, -0.05) is 48.5 Å². The minimum absolute atomic E-state index is 0.249. The number of carbonyl (C=O) groups is 4. The second kappa shape index (κ2) is 6.20. The molecule has 7 heteroatoms. The molecule has 1 saturated heterocycles. The molecule has 5 amide bonds. The topological polar surface area (TPSA) is 104 Å². The van der Waals surface area contributed by atoms with Gasteiger partial charge in [-0.25, -0.2) is 4.79 Å². The zero-order valence-electron chi connectivity index (χ0n) is 13.3. The molecule has 1 aliphatic rings. The summed E-state index contributed by atoms with van der Waals surface area (Å²) < 4.78 is 0. The first kappa shape index (κ1) is 16.4. The lowest BCUT2D eigenvalue weighted by Crippen LogP contribution is -2.71. The van der Waals surface area contributed by atoms with Crippen molar-refractivity contribution in [3.63, 3.8) is 0 Å². The van der Waals surface area contributed by atoms with Crippen molar-refractivity contribution in [1.29, 1.82) is 0 Å². The molecule has 0 atom stereocenters. The first-order chi connectivity index (χ1) is 11.9. The van der Waals surface area contributed by atoms with E-state index < -0.39 is 29.3 Å². The van der Waals surface area contributed by atoms with E-state index in [2.05, 4.69) is 5.32 Å². The van der Waals surface area contributed by atoms with Crippen LogP contribution in [-0.2, 0) is 15.1 Å². The highest BCUT2D eigenvalue weighted by Crippen LogP contribution is 2.25. The Morgan fingerprint density at radius 1 is 0.880 bits per heavy atom. The Bertz CT molecular complexity index is 857. The van der Waals surface area contributed by atoms with Gasteiger partial charge in [0.05, 0.1) is 0 Å². The van der Waals surface area contributed by atoms with Gasteiger partial charge in [0.25, 0.3) is 17.7 Å². The molecule has 0 radical (unpaired) electrons. The third kappa shape index (κ3) is 2.76. The fourth-order valence-corrected chi connectivity index (χ4v) is 2.73. The maximum Gasteiger partial charge on any atom is 0.328 e. The van der Waals surface area contributed by atoms with Gasteiger partial charge in [-0.15, -0.1) is 0 Å². The molecule has 1 fully saturated rings. The Labute approximate surface area is 143 Å². The number of rotatable bonds is 3. The number of barbiturate groups is 1. The molecule has 0 saturated carbocycles. The van der Waals surface area contributed by atoms with Crippen LogP contribution in [0.1, 0.15) is 21.5 Å². The molecule has 126 valence electrons. The molecule has 0 bridgehead atoms. The summed E-state index contributed by atoms with van der Waals surface area (Å²) in [5.74, 6) is -2.41. The Kier molecular flexibility index (Phi) is 4.06. The fourth-order valence-electron chi connectivity index (χ4n) is 2.73. The van der Waals surface area contributed by atoms with Crippen molar-refractivity contribution in [2.45, 2.75) is 12.5 Å². The standard InChI is InChI=1S/C18H15N3O4/c1-11-7-5-6-10-13(11)14(22)21-18(12-8-3-2-4-9-12)15(23)19-17(25)20-16(18)24/h2-10H,1H3,(H,21,22)(H2,19,20,23,24,25). The normalized spacial score (nSPS) is 16.0. The molecule has 3 rings (SSSR count). The van der Waals surface area contributed by atoms with Gasteiger partial charge in [-0.2, -0.15) is 0 Å². The van der Waals surface area contributed by atoms with Crippen molar-refractivity contribution in [3.8, 4) is 0 Å². The Morgan fingerprint density at radius 3 is 2.04 bits per heavy atom. The summed E-state index contributed by atoms with van der Waals surface area (Å²) in [6, 6.07) is 13.9. The van der Waals surface area contributed by atoms with Crippen LogP contribution >= 0.6 is 0 Å². The molecule has 3 N–H and O–H groups in total. The van der Waals surface area contributed by atoms with Crippen LogP contribution in [0.25, 0.3) is 0 Å². The summed E-state index contributed by atoms with van der Waals surface area (Å²) in [5.41, 5.74) is -0.764. The fraction of sp³-hybridized carbons (Fsp3) is 0.111. The third-order valence-corrected chi connectivity index (χ3v) is 4.03. The summed E-state index contributed by atoms with van der Waals surface area (Å²) in [7, 11) is 0. The first-order valence-electron chi connectivity index (χ1n) is 7.55. The van der Waals surface area contributed by atoms with E-state index in [1.165, 1.54) is 12.1 Å². The molecule has 0 unspecified atom stereocenters. The lowest BCUT2D eigenvalue weighted by molar-refractivity contribution is -0.139. The quantitative estimate of drug-likeness (QED) is 0.726. The summed E-state index contributed by atoms with van der Waals surface area (Å²) in [4.78, 5) is 49.3. The van der Waals surface area contributed by atoms with Gasteiger partial charge in [-0.3, -0.25) is 25.0 Å². The first-order valence-corrected chi connectivity index (χ1v) is 7.55. The Balaban J connectivity index is 2.08. The minimum atomic E-state index is -2.03. The average molecular weight is 337 g/mol. The van der Waals surface area contributed by atoms with Gasteiger partial charge in [0.1, 0.15) is 0 Å². The zero-order chi connectivity index (χ0) is 18.0. The number of hydrogen-bond acceptors (Lipinski definition) is 4. The predicted molar refractivity (Wildman–Crippen MR) is 88.4 cm³/mol. The second-order valence-corrected chi connectivity index (χ2v) is 5.62. The van der Waals surface area contributed by atoms with Gasteiger partial charge in [-0.05, 0) is 24.1 Å². The largest absolute Gasteiger partial charge is 0.328 e. The highest BCUT2D eigenvalue weighted by Gasteiger charge is 2.53. The smallest absolute Gasteiger partial charge is 0.326 e. The second-order valence-electron chi connectivity index (χ2n) is 5.62. The van der Waals surface area contributed by atoms with Crippen molar-refractivity contribution in [2.24, 2.45) is 0 Å². The van der Waals surface area contributed by atoms with Crippen LogP contribution in [0.2, 0.25) is 0 Å². The molecule has 0 spiro atoms. The Morgan fingerprint density at radius 2 is 1.44 bits per heavy atom. The van der Waals surface area contributed by atoms with E-state index in [1.807, 2.05) is 10.6 Å². The van der Waals surface area contributed by atoms with Crippen molar-refractivity contribution in [2.75, 3.05) is 0 Å². The maximum atomic E-state index is 12.7. The number of benzene rings is 2. The number of imide groups is 2. The monoisotopic (exact) mass is 337 g/mol. The average Bonchev–Trinajstić information content (AvgIpc) is 2.59. The van der Waals surface area contributed by atoms with E-state index in [4.69, 9.17) is 0 Å². The lowest BCUT2D eigenvalue weighted by Gasteiger charge is -2.35. The van der Waals surface area contributed by atoms with Gasteiger partial charge < -0.3 is 5.32 Å². The van der Waals surface area contributed by atoms with E-state index in [1.54, 1.807) is 49.4 Å². The van der Waals surface area contributed by atoms with Crippen molar-refractivity contribution < 1.29 is 19.2 Å². The van der Waals surface area contributed by atoms with Crippen molar-refractivity contribution >= 4 is 23.8 Å². The van der Waals surface area contributed by atoms with Gasteiger partial charge in [0.2, 0.25) is 5.54 Å². The van der Waals surface area contributed by atoms with Crippen LogP contribution in [0.15, 0.2) is 54.6 Å². The van der Waals surface area contributed by atoms with Gasteiger partial charge in [0, 0.05) is 5.56 Å². The zero-order valence-corrected chi connectivity index (χ0v) is 13.3. The molecule has 7 nitrogen and oxygen atoms in total. The summed E-state index contributed by atoms with van der Waals surface area (Å²) in [5, 5.41) is 6.60. The molecule has 0 aliphatic carbocycles. The van der Waals surface area contributed by atoms with Crippen LogP contribution in [0.5, 0.6) is 0 Å². The molecule has 25 heavy (non-hydrogen) atoms. The van der Waals surface area contributed by atoms with Gasteiger partial charge >= 0.3 is 6.03 Å². The highest BCUT2D eigenvalue weighted by molar-refractivity contribution is 6.24. The SMILES string of the molecule is Cc1ccccc1C(=O)NC1(c2ccccc2)C(=O)NC(=O)NC1=O. The maximum absolute atomic E-state index is 12.7. The molecule has 0 aromatic heterocycles. The van der Waals surface area contributed by atoms with E-state index >= 15 is 0 Å². The van der Waals surface area contributed by atoms with Crippen LogP contribution in [0.3, 0.4) is 0 Å². The number of hydrogen-bond donors (Lipinski definition) is 3. The molecule has 2 aromatic carbocycles. The summed E-state index contributed by atoms with van der Waals surface area (Å²) in [6.45, 7) is 1.74. The van der Waals surface area contributed by atoms with Crippen molar-refractivity contribution in [1.82, 2.24) is 16.0 Å². The third-order valence-electron chi connectivity index (χ3n) is 4.03. The van der Waals surface area contributed by atoms with Crippen molar-refractivity contribution in [3.05, 3.63) is 71.3 Å². The molecule has 1 heterocycles. The number of carbonyl (C=O) groups excluding carboxylic acids is 4. The predicted octanol–water partition coefficient (Wildman–Crippen LogP) is 0.986. The number of aryl methyl sites for hydroxylation is 1. The number of nitrogens with one attached hydrogen (secondary N) is 3. The molecule has 1 aliphatic heterocycles. The van der Waals surface area contributed by atoms with Crippen LogP contribution < -0.4 is 16.0 Å². The van der Waals surface area contributed by atoms with Crippen LogP contribution in [0, 0.1) is 6.92 Å². The molecular weight excluding hydrogens is 322 g/mol. The Hall–Kier alpha value is -3.48. The van der Waals surface area contributed by atoms with E-state index in [-0.39, 0.29) is 5.56 Å². The molecule has 2 aromatic rings. The highest BCUT2D eigenvalue weighted by atomic mass is 16.2.